The molecule has 1 heterocycles. The van der Waals surface area contributed by atoms with E-state index in [0.717, 1.165) is 0 Å². The summed E-state index contributed by atoms with van der Waals surface area (Å²) in [4.78, 5) is 24.6. The summed E-state index contributed by atoms with van der Waals surface area (Å²) in [6.07, 6.45) is 0. The van der Waals surface area contributed by atoms with Gasteiger partial charge in [0, 0.05) is 9.86 Å². The van der Waals surface area contributed by atoms with Crippen LogP contribution in [-0.2, 0) is 9.84 Å². The van der Waals surface area contributed by atoms with Crippen LogP contribution >= 0.6 is 15.9 Å². The molecule has 0 unspecified atom stereocenters. The van der Waals surface area contributed by atoms with Crippen molar-refractivity contribution >= 4 is 42.5 Å². The van der Waals surface area contributed by atoms with Crippen LogP contribution in [0.15, 0.2) is 67.1 Å². The monoisotopic (exact) mass is 436 g/mol. The topological polar surface area (TPSA) is 90.7 Å². The minimum absolute atomic E-state index is 0.000830. The van der Waals surface area contributed by atoms with E-state index < -0.39 is 27.0 Å². The lowest BCUT2D eigenvalue weighted by molar-refractivity contribution is 0.101. The van der Waals surface area contributed by atoms with E-state index in [4.69, 9.17) is 9.15 Å². The molecule has 0 atom stereocenters. The van der Waals surface area contributed by atoms with Gasteiger partial charge in [-0.25, -0.2) is 13.2 Å². The van der Waals surface area contributed by atoms with E-state index in [1.165, 1.54) is 25.3 Å². The molecule has 8 heteroatoms. The zero-order chi connectivity index (χ0) is 18.9. The first-order chi connectivity index (χ1) is 12.3. The number of carbonyl (C=O) groups excluding carboxylic acids is 1. The predicted octanol–water partition coefficient (Wildman–Crippen LogP) is 3.22. The zero-order valence-electron chi connectivity index (χ0n) is 13.6. The third kappa shape index (κ3) is 3.56. The zero-order valence-corrected chi connectivity index (χ0v) is 16.0. The van der Waals surface area contributed by atoms with Crippen molar-refractivity contribution in [1.29, 1.82) is 0 Å². The van der Waals surface area contributed by atoms with E-state index in [1.807, 2.05) is 0 Å². The summed E-state index contributed by atoms with van der Waals surface area (Å²) < 4.78 is 35.8. The van der Waals surface area contributed by atoms with Crippen LogP contribution in [0.1, 0.15) is 10.4 Å². The second-order valence-electron chi connectivity index (χ2n) is 5.46. The standard InChI is InChI=1S/C18H13BrO6S/c1-24-16-4-2-3-11-9-14(18(21)25-17(11)16)15(20)10-26(22,23)13-7-5-12(19)6-8-13/h2-9H,10H2,1H3. The molecule has 0 aliphatic carbocycles. The Labute approximate surface area is 157 Å². The Hall–Kier alpha value is -2.45. The second kappa shape index (κ2) is 7.05. The highest BCUT2D eigenvalue weighted by Gasteiger charge is 2.23. The largest absolute Gasteiger partial charge is 0.493 e. The van der Waals surface area contributed by atoms with Crippen LogP contribution in [0.5, 0.6) is 5.75 Å². The Balaban J connectivity index is 1.99. The molecule has 0 aliphatic heterocycles. The van der Waals surface area contributed by atoms with Crippen molar-refractivity contribution in [3.63, 3.8) is 0 Å². The first kappa shape index (κ1) is 18.3. The molecule has 3 rings (SSSR count). The molecule has 0 N–H and O–H groups in total. The molecule has 3 aromatic rings. The van der Waals surface area contributed by atoms with Gasteiger partial charge in [-0.2, -0.15) is 0 Å². The van der Waals surface area contributed by atoms with Gasteiger partial charge < -0.3 is 9.15 Å². The van der Waals surface area contributed by atoms with Gasteiger partial charge >= 0.3 is 5.63 Å². The number of Topliss-reactive ketones (excluding diaryl/α,β-unsaturated/α-hetero) is 1. The minimum atomic E-state index is -3.88. The molecule has 0 amide bonds. The van der Waals surface area contributed by atoms with E-state index in [2.05, 4.69) is 15.9 Å². The van der Waals surface area contributed by atoms with Gasteiger partial charge in [-0.15, -0.1) is 0 Å². The van der Waals surface area contributed by atoms with Crippen molar-refractivity contribution in [3.05, 3.63) is 69.0 Å². The molecule has 1 aromatic heterocycles. The van der Waals surface area contributed by atoms with Crippen LogP contribution < -0.4 is 10.4 Å². The van der Waals surface area contributed by atoms with Gasteiger partial charge in [0.1, 0.15) is 11.3 Å². The average molecular weight is 437 g/mol. The molecule has 0 saturated carbocycles. The number of benzene rings is 2. The average Bonchev–Trinajstić information content (AvgIpc) is 2.60. The van der Waals surface area contributed by atoms with E-state index >= 15 is 0 Å². The summed E-state index contributed by atoms with van der Waals surface area (Å²) in [6, 6.07) is 12.2. The fraction of sp³-hybridized carbons (Fsp3) is 0.111. The van der Waals surface area contributed by atoms with E-state index in [-0.39, 0.29) is 16.0 Å². The quantitative estimate of drug-likeness (QED) is 0.450. The van der Waals surface area contributed by atoms with Gasteiger partial charge in [-0.1, -0.05) is 28.1 Å². The van der Waals surface area contributed by atoms with Crippen molar-refractivity contribution in [3.8, 4) is 5.75 Å². The highest BCUT2D eigenvalue weighted by molar-refractivity contribution is 9.10. The Morgan fingerprint density at radius 3 is 2.50 bits per heavy atom. The van der Waals surface area contributed by atoms with Crippen LogP contribution in [0.4, 0.5) is 0 Å². The maximum Gasteiger partial charge on any atom is 0.347 e. The van der Waals surface area contributed by atoms with Gasteiger partial charge in [0.05, 0.1) is 12.0 Å². The lowest BCUT2D eigenvalue weighted by atomic mass is 10.1. The Bertz CT molecular complexity index is 1150. The number of fused-ring (bicyclic) bond motifs is 1. The second-order valence-corrected chi connectivity index (χ2v) is 8.37. The molecule has 0 aliphatic rings. The van der Waals surface area contributed by atoms with E-state index in [9.17, 15) is 18.0 Å². The van der Waals surface area contributed by atoms with Crippen molar-refractivity contribution in [2.24, 2.45) is 0 Å². The van der Waals surface area contributed by atoms with Crippen molar-refractivity contribution in [2.75, 3.05) is 12.9 Å². The Kier molecular flexibility index (Phi) is 4.97. The molecule has 2 aromatic carbocycles. The lowest BCUT2D eigenvalue weighted by Crippen LogP contribution is -2.22. The summed E-state index contributed by atoms with van der Waals surface area (Å²) in [5.41, 5.74) is -1.02. The fourth-order valence-electron chi connectivity index (χ4n) is 2.45. The molecule has 0 saturated heterocycles. The van der Waals surface area contributed by atoms with Gasteiger partial charge in [-0.3, -0.25) is 4.79 Å². The third-order valence-electron chi connectivity index (χ3n) is 3.74. The SMILES string of the molecule is COc1cccc2cc(C(=O)CS(=O)(=O)c3ccc(Br)cc3)c(=O)oc12. The Morgan fingerprint density at radius 2 is 1.85 bits per heavy atom. The van der Waals surface area contributed by atoms with E-state index in [0.29, 0.717) is 15.6 Å². The summed E-state index contributed by atoms with van der Waals surface area (Å²) in [5.74, 6) is -1.30. The van der Waals surface area contributed by atoms with Gasteiger partial charge in [0.25, 0.3) is 0 Å². The third-order valence-corrected chi connectivity index (χ3v) is 5.90. The van der Waals surface area contributed by atoms with Crippen molar-refractivity contribution in [2.45, 2.75) is 4.90 Å². The number of methoxy groups -OCH3 is 1. The summed E-state index contributed by atoms with van der Waals surface area (Å²) in [7, 11) is -2.45. The number of carbonyl (C=O) groups is 1. The van der Waals surface area contributed by atoms with Crippen LogP contribution in [0.2, 0.25) is 0 Å². The first-order valence-electron chi connectivity index (χ1n) is 7.44. The molecule has 0 radical (unpaired) electrons. The maximum atomic E-state index is 12.4. The van der Waals surface area contributed by atoms with Crippen molar-refractivity contribution < 1.29 is 22.4 Å². The van der Waals surface area contributed by atoms with E-state index in [1.54, 1.807) is 30.3 Å². The van der Waals surface area contributed by atoms with Crippen LogP contribution in [0.3, 0.4) is 0 Å². The smallest absolute Gasteiger partial charge is 0.347 e. The number of halogens is 1. The van der Waals surface area contributed by atoms with Gasteiger partial charge in [0.2, 0.25) is 0 Å². The number of hydrogen-bond acceptors (Lipinski definition) is 6. The van der Waals surface area contributed by atoms with Gasteiger partial charge in [-0.05, 0) is 36.4 Å². The number of ether oxygens (including phenoxy) is 1. The fourth-order valence-corrected chi connectivity index (χ4v) is 3.93. The molecule has 26 heavy (non-hydrogen) atoms. The highest BCUT2D eigenvalue weighted by Crippen LogP contribution is 2.25. The minimum Gasteiger partial charge on any atom is -0.493 e. The van der Waals surface area contributed by atoms with Gasteiger partial charge in [0.15, 0.2) is 27.0 Å². The molecular formula is C18H13BrO6S. The Morgan fingerprint density at radius 1 is 1.15 bits per heavy atom. The summed E-state index contributed by atoms with van der Waals surface area (Å²) >= 11 is 3.22. The van der Waals surface area contributed by atoms with Crippen molar-refractivity contribution in [1.82, 2.24) is 0 Å². The molecule has 6 nitrogen and oxygen atoms in total. The number of para-hydroxylation sites is 1. The summed E-state index contributed by atoms with van der Waals surface area (Å²) in [5, 5.41) is 0.466. The number of rotatable bonds is 5. The summed E-state index contributed by atoms with van der Waals surface area (Å²) in [6.45, 7) is 0. The molecule has 0 bridgehead atoms. The predicted molar refractivity (Wildman–Crippen MR) is 99.6 cm³/mol. The van der Waals surface area contributed by atoms with Crippen LogP contribution in [0, 0.1) is 0 Å². The number of ketones is 1. The molecule has 134 valence electrons. The normalized spacial score (nSPS) is 11.5. The highest BCUT2D eigenvalue weighted by atomic mass is 79.9. The van der Waals surface area contributed by atoms with Crippen LogP contribution in [0.25, 0.3) is 11.0 Å². The number of sulfone groups is 1. The van der Waals surface area contributed by atoms with Crippen LogP contribution in [-0.4, -0.2) is 27.1 Å². The molecule has 0 spiro atoms. The first-order valence-corrected chi connectivity index (χ1v) is 9.89. The lowest BCUT2D eigenvalue weighted by Gasteiger charge is -2.06. The number of hydrogen-bond donors (Lipinski definition) is 0. The molecular weight excluding hydrogens is 424 g/mol. The molecule has 0 fully saturated rings. The maximum absolute atomic E-state index is 12.4.